The van der Waals surface area contributed by atoms with E-state index >= 15 is 0 Å². The van der Waals surface area contributed by atoms with Gasteiger partial charge in [0.25, 0.3) is 0 Å². The van der Waals surface area contributed by atoms with E-state index in [9.17, 15) is 13.2 Å². The van der Waals surface area contributed by atoms with Gasteiger partial charge in [0.05, 0.1) is 4.90 Å². The zero-order chi connectivity index (χ0) is 17.3. The SMILES string of the molecule is C[C@@H](NS(=O)(=O)c1ccc(-c2cc3ccccc3[nH]2)cc1)C(=O)O. The number of H-pyrrole nitrogens is 1. The van der Waals surface area contributed by atoms with E-state index in [4.69, 9.17) is 5.11 Å². The molecule has 24 heavy (non-hydrogen) atoms. The Bertz CT molecular complexity index is 958. The topological polar surface area (TPSA) is 99.3 Å². The standard InChI is InChI=1S/C17H16N2O4S/c1-11(17(20)21)19-24(22,23)14-8-6-12(7-9-14)16-10-13-4-2-3-5-15(13)18-16/h2-11,18-19H,1H3,(H,20,21)/t11-/m1/s1. The summed E-state index contributed by atoms with van der Waals surface area (Å²) in [6, 6.07) is 14.9. The van der Waals surface area contributed by atoms with Gasteiger partial charge in [-0.15, -0.1) is 0 Å². The largest absolute Gasteiger partial charge is 0.480 e. The molecule has 0 unspecified atom stereocenters. The van der Waals surface area contributed by atoms with E-state index in [1.165, 1.54) is 19.1 Å². The van der Waals surface area contributed by atoms with Crippen LogP contribution in [0.3, 0.4) is 0 Å². The maximum Gasteiger partial charge on any atom is 0.321 e. The summed E-state index contributed by atoms with van der Waals surface area (Å²) in [7, 11) is -3.87. The lowest BCUT2D eigenvalue weighted by Gasteiger charge is -2.10. The van der Waals surface area contributed by atoms with Crippen molar-refractivity contribution in [1.82, 2.24) is 9.71 Å². The van der Waals surface area contributed by atoms with Gasteiger partial charge in [0, 0.05) is 16.6 Å². The van der Waals surface area contributed by atoms with Gasteiger partial charge in [0.1, 0.15) is 6.04 Å². The molecule has 124 valence electrons. The quantitative estimate of drug-likeness (QED) is 0.662. The number of para-hydroxylation sites is 1. The Hall–Kier alpha value is -2.64. The van der Waals surface area contributed by atoms with Crippen LogP contribution in [-0.2, 0) is 14.8 Å². The molecule has 3 rings (SSSR count). The van der Waals surface area contributed by atoms with Crippen LogP contribution in [0, 0.1) is 0 Å². The lowest BCUT2D eigenvalue weighted by atomic mass is 10.1. The third-order valence-electron chi connectivity index (χ3n) is 3.71. The van der Waals surface area contributed by atoms with Gasteiger partial charge in [-0.05, 0) is 36.8 Å². The highest BCUT2D eigenvalue weighted by Crippen LogP contribution is 2.25. The Labute approximate surface area is 139 Å². The molecule has 6 nitrogen and oxygen atoms in total. The first-order valence-corrected chi connectivity index (χ1v) is 8.78. The van der Waals surface area contributed by atoms with Crippen LogP contribution in [0.1, 0.15) is 6.92 Å². The fourth-order valence-electron chi connectivity index (χ4n) is 2.39. The Morgan fingerprint density at radius 2 is 1.79 bits per heavy atom. The number of benzene rings is 2. The van der Waals surface area contributed by atoms with Crippen LogP contribution in [0.5, 0.6) is 0 Å². The van der Waals surface area contributed by atoms with Crippen LogP contribution in [0.2, 0.25) is 0 Å². The van der Waals surface area contributed by atoms with Gasteiger partial charge in [-0.3, -0.25) is 4.79 Å². The van der Waals surface area contributed by atoms with E-state index in [1.54, 1.807) is 12.1 Å². The van der Waals surface area contributed by atoms with Crippen LogP contribution in [0.25, 0.3) is 22.2 Å². The molecular weight excluding hydrogens is 328 g/mol. The van der Waals surface area contributed by atoms with Gasteiger partial charge in [0.15, 0.2) is 0 Å². The zero-order valence-corrected chi connectivity index (χ0v) is 13.7. The summed E-state index contributed by atoms with van der Waals surface area (Å²) in [5, 5.41) is 9.89. The van der Waals surface area contributed by atoms with E-state index in [0.717, 1.165) is 22.2 Å². The average molecular weight is 344 g/mol. The highest BCUT2D eigenvalue weighted by atomic mass is 32.2. The first-order valence-electron chi connectivity index (χ1n) is 7.30. The highest BCUT2D eigenvalue weighted by molar-refractivity contribution is 7.89. The Morgan fingerprint density at radius 1 is 1.12 bits per heavy atom. The first-order chi connectivity index (χ1) is 11.4. The van der Waals surface area contributed by atoms with Crippen LogP contribution in [0.4, 0.5) is 0 Å². The number of sulfonamides is 1. The minimum Gasteiger partial charge on any atom is -0.480 e. The molecule has 0 aliphatic heterocycles. The van der Waals surface area contributed by atoms with Crippen molar-refractivity contribution in [2.45, 2.75) is 17.9 Å². The van der Waals surface area contributed by atoms with Crippen molar-refractivity contribution in [3.8, 4) is 11.3 Å². The maximum atomic E-state index is 12.2. The Morgan fingerprint density at radius 3 is 2.42 bits per heavy atom. The molecule has 0 bridgehead atoms. The monoisotopic (exact) mass is 344 g/mol. The van der Waals surface area contributed by atoms with Crippen molar-refractivity contribution in [3.05, 3.63) is 54.6 Å². The first kappa shape index (κ1) is 16.2. The molecule has 1 aromatic heterocycles. The summed E-state index contributed by atoms with van der Waals surface area (Å²) >= 11 is 0. The number of rotatable bonds is 5. The summed E-state index contributed by atoms with van der Waals surface area (Å²) < 4.78 is 26.4. The van der Waals surface area contributed by atoms with E-state index < -0.39 is 22.0 Å². The molecule has 2 aromatic carbocycles. The molecule has 0 aliphatic carbocycles. The minimum absolute atomic E-state index is 0.0236. The summed E-state index contributed by atoms with van der Waals surface area (Å²) in [6.45, 7) is 1.28. The molecule has 0 amide bonds. The number of hydrogen-bond donors (Lipinski definition) is 3. The molecule has 0 fully saturated rings. The molecular formula is C17H16N2O4S. The van der Waals surface area contributed by atoms with Crippen LogP contribution < -0.4 is 4.72 Å². The van der Waals surface area contributed by atoms with E-state index in [1.807, 2.05) is 30.3 Å². The van der Waals surface area contributed by atoms with Crippen molar-refractivity contribution in [2.24, 2.45) is 0 Å². The van der Waals surface area contributed by atoms with Crippen molar-refractivity contribution < 1.29 is 18.3 Å². The molecule has 1 heterocycles. The van der Waals surface area contributed by atoms with Gasteiger partial charge >= 0.3 is 5.97 Å². The summed E-state index contributed by atoms with van der Waals surface area (Å²) in [4.78, 5) is 14.1. The number of carboxylic acid groups (broad SMARTS) is 1. The lowest BCUT2D eigenvalue weighted by molar-refractivity contribution is -0.138. The van der Waals surface area contributed by atoms with Gasteiger partial charge in [-0.1, -0.05) is 30.3 Å². The number of fused-ring (bicyclic) bond motifs is 1. The predicted molar refractivity (Wildman–Crippen MR) is 91.2 cm³/mol. The molecule has 3 N–H and O–H groups in total. The molecule has 0 saturated carbocycles. The Balaban J connectivity index is 1.89. The second kappa shape index (κ2) is 6.10. The third kappa shape index (κ3) is 3.17. The zero-order valence-electron chi connectivity index (χ0n) is 12.9. The van der Waals surface area contributed by atoms with Gasteiger partial charge in [-0.2, -0.15) is 4.72 Å². The van der Waals surface area contributed by atoms with Gasteiger partial charge in [-0.25, -0.2) is 8.42 Å². The molecule has 7 heteroatoms. The molecule has 3 aromatic rings. The summed E-state index contributed by atoms with van der Waals surface area (Å²) in [6.07, 6.45) is 0. The highest BCUT2D eigenvalue weighted by Gasteiger charge is 2.21. The number of aliphatic carboxylic acids is 1. The van der Waals surface area contributed by atoms with Crippen LogP contribution in [-0.4, -0.2) is 30.5 Å². The van der Waals surface area contributed by atoms with Crippen molar-refractivity contribution in [1.29, 1.82) is 0 Å². The Kier molecular flexibility index (Phi) is 4.13. The van der Waals surface area contributed by atoms with E-state index in [2.05, 4.69) is 9.71 Å². The van der Waals surface area contributed by atoms with Crippen LogP contribution >= 0.6 is 0 Å². The molecule has 0 radical (unpaired) electrons. The summed E-state index contributed by atoms with van der Waals surface area (Å²) in [5.74, 6) is -1.23. The summed E-state index contributed by atoms with van der Waals surface area (Å²) in [5.41, 5.74) is 2.73. The number of hydrogen-bond acceptors (Lipinski definition) is 3. The number of aromatic nitrogens is 1. The lowest BCUT2D eigenvalue weighted by Crippen LogP contribution is -2.38. The van der Waals surface area contributed by atoms with Crippen molar-refractivity contribution >= 4 is 26.9 Å². The van der Waals surface area contributed by atoms with Gasteiger partial charge in [0.2, 0.25) is 10.0 Å². The second-order valence-corrected chi connectivity index (χ2v) is 7.19. The van der Waals surface area contributed by atoms with E-state index in [0.29, 0.717) is 0 Å². The predicted octanol–water partition coefficient (Wildman–Crippen LogP) is 2.59. The molecule has 1 atom stereocenters. The maximum absolute atomic E-state index is 12.2. The fourth-order valence-corrected chi connectivity index (χ4v) is 3.59. The van der Waals surface area contributed by atoms with Crippen LogP contribution in [0.15, 0.2) is 59.5 Å². The minimum atomic E-state index is -3.87. The van der Waals surface area contributed by atoms with Gasteiger partial charge < -0.3 is 10.1 Å². The number of carboxylic acids is 1. The second-order valence-electron chi connectivity index (χ2n) is 5.48. The molecule has 0 saturated heterocycles. The third-order valence-corrected chi connectivity index (χ3v) is 5.26. The van der Waals surface area contributed by atoms with Crippen molar-refractivity contribution in [2.75, 3.05) is 0 Å². The number of carbonyl (C=O) groups is 1. The molecule has 0 spiro atoms. The fraction of sp³-hybridized carbons (Fsp3) is 0.118. The smallest absolute Gasteiger partial charge is 0.321 e. The average Bonchev–Trinajstić information content (AvgIpc) is 2.98. The van der Waals surface area contributed by atoms with E-state index in [-0.39, 0.29) is 4.90 Å². The normalized spacial score (nSPS) is 13.0. The van der Waals surface area contributed by atoms with Crippen molar-refractivity contribution in [3.63, 3.8) is 0 Å². The number of aromatic amines is 1. The number of nitrogens with one attached hydrogen (secondary N) is 2. The molecule has 0 aliphatic rings.